The molecule has 3 aromatic carbocycles. The van der Waals surface area contributed by atoms with E-state index >= 15 is 0 Å². The van der Waals surface area contributed by atoms with Gasteiger partial charge >= 0.3 is 5.97 Å². The first-order valence-corrected chi connectivity index (χ1v) is 15.1. The van der Waals surface area contributed by atoms with Gasteiger partial charge in [0.15, 0.2) is 5.78 Å². The number of fused-ring (bicyclic) bond motifs is 1. The number of aliphatic hydroxyl groups excluding tert-OH is 1. The highest BCUT2D eigenvalue weighted by molar-refractivity contribution is 6.07. The van der Waals surface area contributed by atoms with E-state index in [0.717, 1.165) is 17.5 Å². The lowest BCUT2D eigenvalue weighted by atomic mass is 9.93. The molecule has 45 heavy (non-hydrogen) atoms. The SMILES string of the molecule is COC(=O)C[C@H](O)CC(=O)C=Cc1c(-c2ccc(F)cc2)c(-c2ccccc2)c(C(=O)N2CCc3ccccc3C2)n1C(C)C. The summed E-state index contributed by atoms with van der Waals surface area (Å²) < 4.78 is 20.7. The van der Waals surface area contributed by atoms with Gasteiger partial charge < -0.3 is 19.3 Å². The van der Waals surface area contributed by atoms with Crippen LogP contribution >= 0.6 is 0 Å². The van der Waals surface area contributed by atoms with Crippen LogP contribution in [0.2, 0.25) is 0 Å². The molecule has 0 spiro atoms. The highest BCUT2D eigenvalue weighted by Gasteiger charge is 2.33. The van der Waals surface area contributed by atoms with E-state index < -0.39 is 23.7 Å². The Morgan fingerprint density at radius 2 is 1.53 bits per heavy atom. The van der Waals surface area contributed by atoms with Crippen LogP contribution in [-0.4, -0.2) is 52.0 Å². The van der Waals surface area contributed by atoms with Crippen molar-refractivity contribution in [3.63, 3.8) is 0 Å². The minimum atomic E-state index is -1.19. The lowest BCUT2D eigenvalue weighted by Gasteiger charge is -2.30. The predicted molar refractivity (Wildman–Crippen MR) is 172 cm³/mol. The Bertz CT molecular complexity index is 1720. The maximum Gasteiger partial charge on any atom is 0.308 e. The summed E-state index contributed by atoms with van der Waals surface area (Å²) in [6.45, 7) is 4.98. The maximum absolute atomic E-state index is 14.7. The number of aliphatic hydroxyl groups is 1. The highest BCUT2D eigenvalue weighted by atomic mass is 19.1. The number of ketones is 1. The van der Waals surface area contributed by atoms with Crippen molar-refractivity contribution >= 4 is 23.7 Å². The van der Waals surface area contributed by atoms with Crippen molar-refractivity contribution in [2.24, 2.45) is 0 Å². The molecule has 1 aliphatic rings. The molecule has 5 rings (SSSR count). The van der Waals surface area contributed by atoms with E-state index in [-0.39, 0.29) is 24.8 Å². The highest BCUT2D eigenvalue weighted by Crippen LogP contribution is 2.43. The number of amides is 1. The van der Waals surface area contributed by atoms with Gasteiger partial charge in [-0.05, 0) is 66.8 Å². The van der Waals surface area contributed by atoms with Crippen molar-refractivity contribution in [3.05, 3.63) is 113 Å². The number of ether oxygens (including phenoxy) is 1. The molecule has 1 atom stereocenters. The number of allylic oxidation sites excluding steroid dienone is 1. The van der Waals surface area contributed by atoms with Gasteiger partial charge in [0.1, 0.15) is 11.5 Å². The number of hydrogen-bond donors (Lipinski definition) is 1. The topological polar surface area (TPSA) is 88.8 Å². The number of halogens is 1. The Hall–Kier alpha value is -4.82. The van der Waals surface area contributed by atoms with Gasteiger partial charge in [-0.25, -0.2) is 4.39 Å². The molecule has 8 heteroatoms. The standard InChI is InChI=1S/C37H37FN2O5/c1-24(2)40-32(18-17-30(41)21-31(42)22-33(43)45-3)34(27-13-15-29(38)16-14-27)35(26-10-5-4-6-11-26)36(40)37(44)39-20-19-25-9-7-8-12-28(25)23-39/h4-18,24,31,42H,19-23H2,1-3H3/t31-/m1/s1. The summed E-state index contributed by atoms with van der Waals surface area (Å²) in [5, 5.41) is 10.3. The molecule has 7 nitrogen and oxygen atoms in total. The molecule has 0 radical (unpaired) electrons. The third-order valence-electron chi connectivity index (χ3n) is 8.07. The van der Waals surface area contributed by atoms with Crippen molar-refractivity contribution in [1.29, 1.82) is 0 Å². The van der Waals surface area contributed by atoms with Gasteiger partial charge in [-0.15, -0.1) is 0 Å². The van der Waals surface area contributed by atoms with E-state index in [1.165, 1.54) is 30.9 Å². The fourth-order valence-corrected chi connectivity index (χ4v) is 5.95. The maximum atomic E-state index is 14.7. The van der Waals surface area contributed by atoms with Crippen LogP contribution in [0.25, 0.3) is 28.3 Å². The summed E-state index contributed by atoms with van der Waals surface area (Å²) in [7, 11) is 1.22. The molecule has 2 heterocycles. The number of esters is 1. The molecule has 0 fully saturated rings. The third-order valence-corrected chi connectivity index (χ3v) is 8.07. The first-order chi connectivity index (χ1) is 21.7. The zero-order valence-electron chi connectivity index (χ0n) is 25.7. The molecule has 0 aliphatic carbocycles. The molecule has 0 saturated carbocycles. The molecule has 1 aliphatic heterocycles. The van der Waals surface area contributed by atoms with E-state index in [9.17, 15) is 23.9 Å². The summed E-state index contributed by atoms with van der Waals surface area (Å²) in [4.78, 5) is 41.1. The summed E-state index contributed by atoms with van der Waals surface area (Å²) in [6.07, 6.45) is 1.99. The lowest BCUT2D eigenvalue weighted by Crippen LogP contribution is -2.37. The van der Waals surface area contributed by atoms with E-state index in [0.29, 0.717) is 41.2 Å². The zero-order valence-corrected chi connectivity index (χ0v) is 25.7. The van der Waals surface area contributed by atoms with Crippen LogP contribution in [0.1, 0.15) is 60.0 Å². The Labute approximate surface area is 262 Å². The molecule has 0 bridgehead atoms. The average molecular weight is 609 g/mol. The summed E-state index contributed by atoms with van der Waals surface area (Å²) in [6, 6.07) is 23.6. The first kappa shape index (κ1) is 31.6. The Morgan fingerprint density at radius 1 is 0.889 bits per heavy atom. The van der Waals surface area contributed by atoms with Gasteiger partial charge in [-0.2, -0.15) is 0 Å². The quantitative estimate of drug-likeness (QED) is 0.161. The number of aromatic nitrogens is 1. The van der Waals surface area contributed by atoms with E-state index in [4.69, 9.17) is 0 Å². The predicted octanol–water partition coefficient (Wildman–Crippen LogP) is 6.64. The normalized spacial score (nSPS) is 13.6. The fourth-order valence-electron chi connectivity index (χ4n) is 5.95. The summed E-state index contributed by atoms with van der Waals surface area (Å²) in [5.74, 6) is -1.53. The molecular formula is C37H37FN2O5. The molecule has 1 amide bonds. The number of nitrogens with zero attached hydrogens (tertiary/aromatic N) is 2. The summed E-state index contributed by atoms with van der Waals surface area (Å²) in [5.41, 5.74) is 6.30. The molecule has 0 saturated heterocycles. The second-order valence-corrected chi connectivity index (χ2v) is 11.5. The van der Waals surface area contributed by atoms with Crippen molar-refractivity contribution in [1.82, 2.24) is 9.47 Å². The number of rotatable bonds is 10. The first-order valence-electron chi connectivity index (χ1n) is 15.1. The van der Waals surface area contributed by atoms with Crippen molar-refractivity contribution < 1.29 is 28.6 Å². The minimum Gasteiger partial charge on any atom is -0.469 e. The second-order valence-electron chi connectivity index (χ2n) is 11.5. The van der Waals surface area contributed by atoms with Gasteiger partial charge in [-0.3, -0.25) is 14.4 Å². The molecule has 1 N–H and O–H groups in total. The third kappa shape index (κ3) is 6.97. The van der Waals surface area contributed by atoms with Crippen molar-refractivity contribution in [3.8, 4) is 22.3 Å². The van der Waals surface area contributed by atoms with E-state index in [1.54, 1.807) is 18.2 Å². The molecule has 1 aromatic heterocycles. The number of carbonyl (C=O) groups is 3. The molecule has 4 aromatic rings. The monoisotopic (exact) mass is 608 g/mol. The Kier molecular flexibility index (Phi) is 9.74. The number of methoxy groups -OCH3 is 1. The molecule has 232 valence electrons. The van der Waals surface area contributed by atoms with Crippen LogP contribution in [0.4, 0.5) is 4.39 Å². The Morgan fingerprint density at radius 3 is 2.20 bits per heavy atom. The molecule has 0 unspecified atom stereocenters. The lowest BCUT2D eigenvalue weighted by molar-refractivity contribution is -0.143. The largest absolute Gasteiger partial charge is 0.469 e. The second kappa shape index (κ2) is 13.9. The number of benzene rings is 3. The van der Waals surface area contributed by atoms with Gasteiger partial charge in [0.05, 0.1) is 25.3 Å². The Balaban J connectivity index is 1.69. The van der Waals surface area contributed by atoms with E-state index in [1.807, 2.05) is 71.8 Å². The van der Waals surface area contributed by atoms with Crippen LogP contribution < -0.4 is 0 Å². The molecular weight excluding hydrogens is 571 g/mol. The van der Waals surface area contributed by atoms with Crippen LogP contribution in [-0.2, 0) is 27.3 Å². The van der Waals surface area contributed by atoms with Gasteiger partial charge in [0.2, 0.25) is 0 Å². The van der Waals surface area contributed by atoms with Crippen LogP contribution in [0.3, 0.4) is 0 Å². The van der Waals surface area contributed by atoms with Crippen LogP contribution in [0, 0.1) is 5.82 Å². The van der Waals surface area contributed by atoms with Gasteiger partial charge in [0.25, 0.3) is 5.91 Å². The number of carbonyl (C=O) groups excluding carboxylic acids is 3. The van der Waals surface area contributed by atoms with Crippen LogP contribution in [0.15, 0.2) is 84.9 Å². The van der Waals surface area contributed by atoms with Crippen LogP contribution in [0.5, 0.6) is 0 Å². The smallest absolute Gasteiger partial charge is 0.308 e. The number of hydrogen-bond acceptors (Lipinski definition) is 5. The average Bonchev–Trinajstić information content (AvgIpc) is 3.39. The van der Waals surface area contributed by atoms with Gasteiger partial charge in [0, 0.05) is 36.7 Å². The van der Waals surface area contributed by atoms with E-state index in [2.05, 4.69) is 10.8 Å². The summed E-state index contributed by atoms with van der Waals surface area (Å²) >= 11 is 0. The van der Waals surface area contributed by atoms with Crippen molar-refractivity contribution in [2.45, 2.75) is 51.8 Å². The minimum absolute atomic E-state index is 0.139. The van der Waals surface area contributed by atoms with Crippen molar-refractivity contribution in [2.75, 3.05) is 13.7 Å². The van der Waals surface area contributed by atoms with Gasteiger partial charge in [-0.1, -0.05) is 66.7 Å². The zero-order chi connectivity index (χ0) is 32.1. The fraction of sp³-hybridized carbons (Fsp3) is 0.270.